The summed E-state index contributed by atoms with van der Waals surface area (Å²) in [7, 11) is 3.25. The van der Waals surface area contributed by atoms with Gasteiger partial charge in [-0.2, -0.15) is 0 Å². The summed E-state index contributed by atoms with van der Waals surface area (Å²) in [5.74, 6) is 1.29. The van der Waals surface area contributed by atoms with Crippen LogP contribution in [0.15, 0.2) is 48.5 Å². The van der Waals surface area contributed by atoms with E-state index in [1.54, 1.807) is 14.2 Å². The van der Waals surface area contributed by atoms with Crippen LogP contribution in [-0.2, 0) is 9.59 Å². The summed E-state index contributed by atoms with van der Waals surface area (Å²) in [4.78, 5) is 29.3. The van der Waals surface area contributed by atoms with Gasteiger partial charge in [0.2, 0.25) is 0 Å². The molecule has 28 heavy (non-hydrogen) atoms. The predicted molar refractivity (Wildman–Crippen MR) is 109 cm³/mol. The Balaban J connectivity index is 1.99. The minimum atomic E-state index is -1.07. The van der Waals surface area contributed by atoms with Gasteiger partial charge in [0.25, 0.3) is 0 Å². The first-order chi connectivity index (χ1) is 13.4. The molecule has 1 saturated heterocycles. The number of hydrogen-bond donors (Lipinski definition) is 0. The first-order valence-corrected chi connectivity index (χ1v) is 9.19. The molecule has 6 heteroatoms. The van der Waals surface area contributed by atoms with Crippen molar-refractivity contribution in [3.8, 4) is 11.5 Å². The number of carbonyl (C=O) groups excluding carboxylic acids is 2. The summed E-state index contributed by atoms with van der Waals surface area (Å²) in [6.45, 7) is 4.30. The zero-order valence-corrected chi connectivity index (χ0v) is 16.8. The van der Waals surface area contributed by atoms with Gasteiger partial charge in [0.05, 0.1) is 20.9 Å². The maximum absolute atomic E-state index is 12.6. The molecule has 0 atom stereocenters. The van der Waals surface area contributed by atoms with E-state index >= 15 is 0 Å². The Bertz CT molecular complexity index is 774. The molecule has 0 bridgehead atoms. The van der Waals surface area contributed by atoms with Gasteiger partial charge in [-0.15, -0.1) is 0 Å². The highest BCUT2D eigenvalue weighted by molar-refractivity contribution is 6.06. The maximum atomic E-state index is 12.6. The molecular weight excluding hydrogens is 356 g/mol. The molecule has 1 aliphatic heterocycles. The average Bonchev–Trinajstić information content (AvgIpc) is 2.73. The number of carbonyl (C=O) groups is 2. The van der Waals surface area contributed by atoms with Gasteiger partial charge in [0.1, 0.15) is 28.5 Å². The zero-order chi connectivity index (χ0) is 20.3. The molecule has 0 unspecified atom stereocenters. The minimum absolute atomic E-state index is 0.114. The Hall–Kier alpha value is -3.02. The second-order valence-corrected chi connectivity index (χ2v) is 7.13. The summed E-state index contributed by atoms with van der Waals surface area (Å²) in [6, 6.07) is 15.3. The number of nitrogens with zero attached hydrogens (tertiary/aromatic N) is 2. The highest BCUT2D eigenvalue weighted by atomic mass is 16.5. The molecule has 6 nitrogen and oxygen atoms in total. The molecule has 1 heterocycles. The van der Waals surface area contributed by atoms with Crippen molar-refractivity contribution in [2.45, 2.75) is 13.8 Å². The van der Waals surface area contributed by atoms with E-state index in [4.69, 9.17) is 9.47 Å². The van der Waals surface area contributed by atoms with Crippen LogP contribution in [-0.4, -0.2) is 45.5 Å². The molecule has 2 aromatic carbocycles. The molecule has 148 valence electrons. The monoisotopic (exact) mass is 382 g/mol. The second-order valence-electron chi connectivity index (χ2n) is 7.13. The van der Waals surface area contributed by atoms with Crippen LogP contribution in [0.4, 0.5) is 11.4 Å². The summed E-state index contributed by atoms with van der Waals surface area (Å²) in [6.07, 6.45) is 0. The third-order valence-corrected chi connectivity index (χ3v) is 5.49. The van der Waals surface area contributed by atoms with Crippen LogP contribution in [0, 0.1) is 5.41 Å². The smallest absolute Gasteiger partial charge is 0.146 e. The summed E-state index contributed by atoms with van der Waals surface area (Å²) in [5.41, 5.74) is 0.801. The lowest BCUT2D eigenvalue weighted by Crippen LogP contribution is -2.61. The zero-order valence-electron chi connectivity index (χ0n) is 16.8. The quantitative estimate of drug-likeness (QED) is 0.716. The summed E-state index contributed by atoms with van der Waals surface area (Å²) >= 11 is 0. The Morgan fingerprint density at radius 1 is 0.750 bits per heavy atom. The van der Waals surface area contributed by atoms with Gasteiger partial charge < -0.3 is 19.3 Å². The maximum Gasteiger partial charge on any atom is 0.146 e. The Kier molecular flexibility index (Phi) is 5.58. The molecular formula is C22H26N2O4. The molecule has 0 aliphatic carbocycles. The van der Waals surface area contributed by atoms with Crippen LogP contribution >= 0.6 is 0 Å². The first-order valence-electron chi connectivity index (χ1n) is 9.19. The van der Waals surface area contributed by atoms with E-state index in [0.717, 1.165) is 22.9 Å². The summed E-state index contributed by atoms with van der Waals surface area (Å²) < 4.78 is 10.5. The molecule has 2 aromatic rings. The fourth-order valence-electron chi connectivity index (χ4n) is 3.63. The number of anilines is 2. The normalized spacial score (nSPS) is 15.9. The van der Waals surface area contributed by atoms with Gasteiger partial charge in [-0.25, -0.2) is 0 Å². The number of ether oxygens (including phenoxy) is 2. The van der Waals surface area contributed by atoms with E-state index < -0.39 is 5.41 Å². The van der Waals surface area contributed by atoms with Crippen molar-refractivity contribution in [1.82, 2.24) is 0 Å². The van der Waals surface area contributed by atoms with Crippen molar-refractivity contribution in [3.63, 3.8) is 0 Å². The lowest BCUT2D eigenvalue weighted by atomic mass is 9.77. The van der Waals surface area contributed by atoms with Crippen LogP contribution in [0.25, 0.3) is 0 Å². The molecule has 0 radical (unpaired) electrons. The standard InChI is InChI=1S/C22H26N2O4/c1-16(25)22(17(2)26)13-23(18-5-9-20(27-3)10-6-18)15-24(14-22)19-7-11-21(28-4)12-8-19/h5-12H,13-15H2,1-4H3. The van der Waals surface area contributed by atoms with Crippen LogP contribution in [0.2, 0.25) is 0 Å². The van der Waals surface area contributed by atoms with Crippen molar-refractivity contribution < 1.29 is 19.1 Å². The fourth-order valence-corrected chi connectivity index (χ4v) is 3.63. The third-order valence-electron chi connectivity index (χ3n) is 5.49. The van der Waals surface area contributed by atoms with Gasteiger partial charge >= 0.3 is 0 Å². The summed E-state index contributed by atoms with van der Waals surface area (Å²) in [5, 5.41) is 0. The number of benzene rings is 2. The van der Waals surface area contributed by atoms with Crippen LogP contribution in [0.3, 0.4) is 0 Å². The van der Waals surface area contributed by atoms with Gasteiger partial charge in [-0.3, -0.25) is 9.59 Å². The van der Waals surface area contributed by atoms with Crippen molar-refractivity contribution in [3.05, 3.63) is 48.5 Å². The molecule has 0 saturated carbocycles. The molecule has 0 N–H and O–H groups in total. The molecule has 3 rings (SSSR count). The number of hydrogen-bond acceptors (Lipinski definition) is 6. The molecule has 0 spiro atoms. The Morgan fingerprint density at radius 3 is 1.39 bits per heavy atom. The predicted octanol–water partition coefficient (Wildman–Crippen LogP) is 3.15. The van der Waals surface area contributed by atoms with Gasteiger partial charge in [-0.1, -0.05) is 0 Å². The number of rotatable bonds is 6. The van der Waals surface area contributed by atoms with E-state index in [1.165, 1.54) is 13.8 Å². The van der Waals surface area contributed by atoms with Gasteiger partial charge in [0, 0.05) is 24.5 Å². The number of Topliss-reactive ketones (excluding diaryl/α,β-unsaturated/α-hetero) is 2. The van der Waals surface area contributed by atoms with E-state index in [0.29, 0.717) is 19.8 Å². The average molecular weight is 382 g/mol. The second kappa shape index (κ2) is 7.92. The number of ketones is 2. The molecule has 0 amide bonds. The molecule has 1 aliphatic rings. The highest BCUT2D eigenvalue weighted by Gasteiger charge is 2.47. The topological polar surface area (TPSA) is 59.1 Å². The molecule has 0 aromatic heterocycles. The van der Waals surface area contributed by atoms with Crippen molar-refractivity contribution in [1.29, 1.82) is 0 Å². The van der Waals surface area contributed by atoms with Crippen LogP contribution in [0.5, 0.6) is 11.5 Å². The molecule has 1 fully saturated rings. The minimum Gasteiger partial charge on any atom is -0.497 e. The third kappa shape index (κ3) is 3.67. The van der Waals surface area contributed by atoms with Gasteiger partial charge in [-0.05, 0) is 62.4 Å². The van der Waals surface area contributed by atoms with Crippen molar-refractivity contribution >= 4 is 22.9 Å². The van der Waals surface area contributed by atoms with E-state index in [1.807, 2.05) is 48.5 Å². The van der Waals surface area contributed by atoms with Crippen LogP contribution < -0.4 is 19.3 Å². The van der Waals surface area contributed by atoms with E-state index in [-0.39, 0.29) is 11.6 Å². The van der Waals surface area contributed by atoms with E-state index in [9.17, 15) is 9.59 Å². The van der Waals surface area contributed by atoms with Crippen LogP contribution in [0.1, 0.15) is 13.8 Å². The fraction of sp³-hybridized carbons (Fsp3) is 0.364. The van der Waals surface area contributed by atoms with Crippen molar-refractivity contribution in [2.75, 3.05) is 43.8 Å². The first kappa shape index (κ1) is 19.7. The lowest BCUT2D eigenvalue weighted by Gasteiger charge is -2.47. The van der Waals surface area contributed by atoms with Crippen molar-refractivity contribution in [2.24, 2.45) is 5.41 Å². The lowest BCUT2D eigenvalue weighted by molar-refractivity contribution is -0.137. The van der Waals surface area contributed by atoms with E-state index in [2.05, 4.69) is 9.80 Å². The highest BCUT2D eigenvalue weighted by Crippen LogP contribution is 2.34. The number of methoxy groups -OCH3 is 2. The largest absolute Gasteiger partial charge is 0.497 e. The van der Waals surface area contributed by atoms with Gasteiger partial charge in [0.15, 0.2) is 0 Å². The SMILES string of the molecule is COc1ccc(N2CN(c3ccc(OC)cc3)CC(C(C)=O)(C(C)=O)C2)cc1. The Labute approximate surface area is 165 Å². The Morgan fingerprint density at radius 2 is 1.11 bits per heavy atom.